The first-order chi connectivity index (χ1) is 11.0. The summed E-state index contributed by atoms with van der Waals surface area (Å²) >= 11 is 7.58. The van der Waals surface area contributed by atoms with Crippen LogP contribution in [-0.4, -0.2) is 21.0 Å². The molecule has 0 bridgehead atoms. The summed E-state index contributed by atoms with van der Waals surface area (Å²) < 4.78 is 0. The van der Waals surface area contributed by atoms with E-state index in [-0.39, 0.29) is 5.56 Å². The van der Waals surface area contributed by atoms with Gasteiger partial charge in [0, 0.05) is 33.0 Å². The lowest BCUT2D eigenvalue weighted by Gasteiger charge is -2.21. The second kappa shape index (κ2) is 5.22. The number of benzene rings is 1. The van der Waals surface area contributed by atoms with E-state index in [1.54, 1.807) is 30.0 Å². The van der Waals surface area contributed by atoms with Gasteiger partial charge in [-0.2, -0.15) is 0 Å². The van der Waals surface area contributed by atoms with Crippen LogP contribution >= 0.6 is 23.4 Å². The van der Waals surface area contributed by atoms with Gasteiger partial charge in [-0.05, 0) is 37.3 Å². The number of hydrogen-bond acceptors (Lipinski definition) is 4. The van der Waals surface area contributed by atoms with Crippen LogP contribution in [-0.2, 0) is 5.75 Å². The van der Waals surface area contributed by atoms with Gasteiger partial charge in [0.25, 0.3) is 0 Å². The minimum atomic E-state index is -0.958. The fourth-order valence-corrected chi connectivity index (χ4v) is 4.11. The highest BCUT2D eigenvalue weighted by molar-refractivity contribution is 7.98. The standard InChI is InChI=1S/C17H11ClN2O2S/c1-8-2-4-10-15-12(7-23-16(10)19-8)14(17(21)22)11-6-9(18)3-5-13(11)20-15/h2-6H,7H2,1H3,(H,21,22). The van der Waals surface area contributed by atoms with Crippen molar-refractivity contribution in [2.75, 3.05) is 0 Å². The number of pyridine rings is 2. The number of rotatable bonds is 1. The molecule has 3 aromatic rings. The number of aromatic carboxylic acids is 1. The van der Waals surface area contributed by atoms with Crippen LogP contribution in [0.4, 0.5) is 0 Å². The van der Waals surface area contributed by atoms with Gasteiger partial charge in [0.15, 0.2) is 0 Å². The van der Waals surface area contributed by atoms with Crippen LogP contribution in [0.15, 0.2) is 35.4 Å². The van der Waals surface area contributed by atoms with E-state index in [1.807, 2.05) is 19.1 Å². The Labute approximate surface area is 141 Å². The first-order valence-corrected chi connectivity index (χ1v) is 8.37. The van der Waals surface area contributed by atoms with Gasteiger partial charge in [-0.15, -0.1) is 11.8 Å². The van der Waals surface area contributed by atoms with Crippen LogP contribution in [0, 0.1) is 6.92 Å². The summed E-state index contributed by atoms with van der Waals surface area (Å²) in [7, 11) is 0. The number of thioether (sulfide) groups is 1. The molecule has 0 spiro atoms. The zero-order valence-electron chi connectivity index (χ0n) is 12.1. The molecule has 0 aliphatic carbocycles. The number of halogens is 1. The Kier molecular flexibility index (Phi) is 3.28. The molecule has 4 nitrogen and oxygen atoms in total. The molecule has 1 aliphatic heterocycles. The van der Waals surface area contributed by atoms with Gasteiger partial charge in [0.05, 0.1) is 16.8 Å². The number of aryl methyl sites for hydroxylation is 1. The van der Waals surface area contributed by atoms with Crippen LogP contribution in [0.2, 0.25) is 5.02 Å². The lowest BCUT2D eigenvalue weighted by Crippen LogP contribution is -2.10. The Morgan fingerprint density at radius 1 is 1.26 bits per heavy atom. The van der Waals surface area contributed by atoms with Crippen molar-refractivity contribution in [1.82, 2.24) is 9.97 Å². The van der Waals surface area contributed by atoms with Crippen molar-refractivity contribution in [1.29, 1.82) is 0 Å². The zero-order chi connectivity index (χ0) is 16.1. The fourth-order valence-electron chi connectivity index (χ4n) is 2.85. The highest BCUT2D eigenvalue weighted by Gasteiger charge is 2.26. The van der Waals surface area contributed by atoms with Gasteiger partial charge in [-0.3, -0.25) is 0 Å². The summed E-state index contributed by atoms with van der Waals surface area (Å²) in [6, 6.07) is 9.03. The van der Waals surface area contributed by atoms with E-state index in [1.165, 1.54) is 0 Å². The molecule has 23 heavy (non-hydrogen) atoms. The third-order valence-electron chi connectivity index (χ3n) is 3.87. The summed E-state index contributed by atoms with van der Waals surface area (Å²) in [4.78, 5) is 21.1. The van der Waals surface area contributed by atoms with Gasteiger partial charge in [0.2, 0.25) is 0 Å². The molecule has 3 heterocycles. The van der Waals surface area contributed by atoms with Crippen LogP contribution in [0.25, 0.3) is 22.2 Å². The molecule has 114 valence electrons. The highest BCUT2D eigenvalue weighted by atomic mass is 35.5. The summed E-state index contributed by atoms with van der Waals surface area (Å²) in [5.41, 5.74) is 4.18. The van der Waals surface area contributed by atoms with Crippen LogP contribution < -0.4 is 0 Å². The predicted octanol–water partition coefficient (Wildman–Crippen LogP) is 4.56. The summed E-state index contributed by atoms with van der Waals surface area (Å²) in [5.74, 6) is -0.421. The molecule has 0 amide bonds. The number of carboxylic acids is 1. The Hall–Kier alpha value is -2.11. The Balaban J connectivity index is 2.11. The average molecular weight is 343 g/mol. The minimum absolute atomic E-state index is 0.284. The van der Waals surface area contributed by atoms with Gasteiger partial charge < -0.3 is 5.11 Å². The summed E-state index contributed by atoms with van der Waals surface area (Å²) in [6.07, 6.45) is 0. The maximum absolute atomic E-state index is 11.9. The zero-order valence-corrected chi connectivity index (χ0v) is 13.7. The van der Waals surface area contributed by atoms with E-state index in [2.05, 4.69) is 4.98 Å². The van der Waals surface area contributed by atoms with Crippen molar-refractivity contribution in [2.24, 2.45) is 0 Å². The molecule has 1 aliphatic rings. The molecule has 0 saturated heterocycles. The van der Waals surface area contributed by atoms with E-state index >= 15 is 0 Å². The molecule has 1 aromatic carbocycles. The third-order valence-corrected chi connectivity index (χ3v) is 5.12. The Bertz CT molecular complexity index is 988. The van der Waals surface area contributed by atoms with Crippen molar-refractivity contribution in [3.05, 3.63) is 52.2 Å². The largest absolute Gasteiger partial charge is 0.478 e. The average Bonchev–Trinajstić information content (AvgIpc) is 2.52. The normalized spacial score (nSPS) is 12.8. The van der Waals surface area contributed by atoms with Crippen molar-refractivity contribution in [3.63, 3.8) is 0 Å². The van der Waals surface area contributed by atoms with Crippen molar-refractivity contribution in [3.8, 4) is 11.3 Å². The lowest BCUT2D eigenvalue weighted by molar-refractivity contribution is 0.0698. The molecule has 0 saturated carbocycles. The first-order valence-electron chi connectivity index (χ1n) is 7.01. The van der Waals surface area contributed by atoms with Crippen molar-refractivity contribution < 1.29 is 9.90 Å². The van der Waals surface area contributed by atoms with Gasteiger partial charge >= 0.3 is 5.97 Å². The number of fused-ring (bicyclic) bond motifs is 4. The smallest absolute Gasteiger partial charge is 0.336 e. The number of carbonyl (C=O) groups is 1. The molecular weight excluding hydrogens is 332 g/mol. The maximum atomic E-state index is 11.9. The Morgan fingerprint density at radius 2 is 2.09 bits per heavy atom. The van der Waals surface area contributed by atoms with Crippen molar-refractivity contribution >= 4 is 40.2 Å². The van der Waals surface area contributed by atoms with Crippen LogP contribution in [0.5, 0.6) is 0 Å². The van der Waals surface area contributed by atoms with Crippen LogP contribution in [0.1, 0.15) is 21.6 Å². The molecule has 0 radical (unpaired) electrons. The van der Waals surface area contributed by atoms with Crippen molar-refractivity contribution in [2.45, 2.75) is 17.7 Å². The second-order valence-electron chi connectivity index (χ2n) is 5.37. The number of hydrogen-bond donors (Lipinski definition) is 1. The van der Waals surface area contributed by atoms with Gasteiger partial charge in [0.1, 0.15) is 5.03 Å². The molecule has 2 aromatic heterocycles. The third kappa shape index (κ3) is 2.28. The van der Waals surface area contributed by atoms with Gasteiger partial charge in [-0.1, -0.05) is 11.6 Å². The molecular formula is C17H11ClN2O2S. The topological polar surface area (TPSA) is 63.1 Å². The summed E-state index contributed by atoms with van der Waals surface area (Å²) in [6.45, 7) is 1.94. The van der Waals surface area contributed by atoms with E-state index in [0.29, 0.717) is 27.4 Å². The first kappa shape index (κ1) is 14.5. The quantitative estimate of drug-likeness (QED) is 0.702. The molecule has 0 unspecified atom stereocenters. The van der Waals surface area contributed by atoms with Gasteiger partial charge in [-0.25, -0.2) is 14.8 Å². The van der Waals surface area contributed by atoms with Crippen LogP contribution in [0.3, 0.4) is 0 Å². The monoisotopic (exact) mass is 342 g/mol. The number of aromatic nitrogens is 2. The lowest BCUT2D eigenvalue weighted by atomic mass is 9.98. The van der Waals surface area contributed by atoms with E-state index in [4.69, 9.17) is 16.6 Å². The van der Waals surface area contributed by atoms with E-state index in [9.17, 15) is 9.90 Å². The maximum Gasteiger partial charge on any atom is 0.336 e. The minimum Gasteiger partial charge on any atom is -0.478 e. The Morgan fingerprint density at radius 3 is 2.87 bits per heavy atom. The van der Waals surface area contributed by atoms with E-state index < -0.39 is 5.97 Å². The molecule has 0 fully saturated rings. The molecule has 4 rings (SSSR count). The second-order valence-corrected chi connectivity index (χ2v) is 6.78. The summed E-state index contributed by atoms with van der Waals surface area (Å²) in [5, 5.41) is 11.7. The fraction of sp³-hybridized carbons (Fsp3) is 0.118. The molecule has 0 atom stereocenters. The predicted molar refractivity (Wildman–Crippen MR) is 91.2 cm³/mol. The molecule has 6 heteroatoms. The number of carboxylic acid groups (broad SMARTS) is 1. The van der Waals surface area contributed by atoms with E-state index in [0.717, 1.165) is 21.8 Å². The highest BCUT2D eigenvalue weighted by Crippen LogP contribution is 2.42. The SMILES string of the molecule is Cc1ccc2c(n1)SCc1c-2nc2ccc(Cl)cc2c1C(=O)O. The number of nitrogens with zero attached hydrogens (tertiary/aromatic N) is 2. The molecule has 1 N–H and O–H groups in total.